The van der Waals surface area contributed by atoms with Crippen molar-refractivity contribution in [1.29, 1.82) is 0 Å². The molecule has 1 atom stereocenters. The summed E-state index contributed by atoms with van der Waals surface area (Å²) in [5.41, 5.74) is 2.43. The summed E-state index contributed by atoms with van der Waals surface area (Å²) in [6.45, 7) is 18.0. The van der Waals surface area contributed by atoms with E-state index < -0.39 is 0 Å². The third-order valence-electron chi connectivity index (χ3n) is 4.11. The first-order chi connectivity index (χ1) is 9.81. The number of unbranched alkanes of at least 4 members (excludes halogenated alkanes) is 1. The standard InChI is InChI=1S/C19H37NS/c1-7-11-17(4)20-15-16(3)13-9-10-14-18(12-8-2)19(5,6)21/h18,20-21H,3-4,7-15H2,1-2,5-6H3. The number of rotatable bonds is 13. The molecule has 0 heterocycles. The van der Waals surface area contributed by atoms with E-state index in [1.54, 1.807) is 0 Å². The molecule has 21 heavy (non-hydrogen) atoms. The van der Waals surface area contributed by atoms with E-state index in [2.05, 4.69) is 46.2 Å². The lowest BCUT2D eigenvalue weighted by Crippen LogP contribution is -2.24. The van der Waals surface area contributed by atoms with Gasteiger partial charge in [-0.25, -0.2) is 0 Å². The van der Waals surface area contributed by atoms with Crippen LogP contribution in [0.2, 0.25) is 0 Å². The number of allylic oxidation sites excluding steroid dienone is 1. The fraction of sp³-hybridized carbons (Fsp3) is 0.789. The molecule has 2 heteroatoms. The summed E-state index contributed by atoms with van der Waals surface area (Å²) < 4.78 is 0.145. The zero-order valence-corrected chi connectivity index (χ0v) is 15.7. The highest BCUT2D eigenvalue weighted by Crippen LogP contribution is 2.32. The predicted octanol–water partition coefficient (Wildman–Crippen LogP) is 6.13. The molecule has 1 unspecified atom stereocenters. The maximum Gasteiger partial charge on any atom is 0.0354 e. The zero-order chi connectivity index (χ0) is 16.3. The minimum absolute atomic E-state index is 0.145. The van der Waals surface area contributed by atoms with Crippen LogP contribution in [0.3, 0.4) is 0 Å². The van der Waals surface area contributed by atoms with Gasteiger partial charge in [0.05, 0.1) is 0 Å². The van der Waals surface area contributed by atoms with Gasteiger partial charge in [-0.1, -0.05) is 65.7 Å². The highest BCUT2D eigenvalue weighted by atomic mass is 32.1. The van der Waals surface area contributed by atoms with Crippen LogP contribution < -0.4 is 5.32 Å². The zero-order valence-electron chi connectivity index (χ0n) is 14.8. The Morgan fingerprint density at radius 2 is 1.71 bits per heavy atom. The van der Waals surface area contributed by atoms with Crippen LogP contribution >= 0.6 is 12.6 Å². The second kappa shape index (κ2) is 11.2. The summed E-state index contributed by atoms with van der Waals surface area (Å²) in [4.78, 5) is 0. The molecule has 1 nitrogen and oxygen atoms in total. The maximum absolute atomic E-state index is 4.77. The van der Waals surface area contributed by atoms with Crippen molar-refractivity contribution in [2.24, 2.45) is 5.92 Å². The molecule has 0 saturated heterocycles. The lowest BCUT2D eigenvalue weighted by Gasteiger charge is -2.29. The highest BCUT2D eigenvalue weighted by Gasteiger charge is 2.23. The summed E-state index contributed by atoms with van der Waals surface area (Å²) in [5.74, 6) is 0.724. The number of hydrogen-bond acceptors (Lipinski definition) is 2. The van der Waals surface area contributed by atoms with Gasteiger partial charge in [-0.3, -0.25) is 0 Å². The lowest BCUT2D eigenvalue weighted by molar-refractivity contribution is 0.355. The molecule has 0 aliphatic carbocycles. The largest absolute Gasteiger partial charge is 0.385 e. The van der Waals surface area contributed by atoms with E-state index in [-0.39, 0.29) is 4.75 Å². The van der Waals surface area contributed by atoms with E-state index in [0.29, 0.717) is 0 Å². The van der Waals surface area contributed by atoms with Crippen molar-refractivity contribution in [2.75, 3.05) is 6.54 Å². The summed E-state index contributed by atoms with van der Waals surface area (Å²) in [6, 6.07) is 0. The molecule has 1 N–H and O–H groups in total. The molecule has 0 radical (unpaired) electrons. The van der Waals surface area contributed by atoms with E-state index >= 15 is 0 Å². The molecule has 0 rings (SSSR count). The first-order valence-electron chi connectivity index (χ1n) is 8.61. The van der Waals surface area contributed by atoms with Crippen LogP contribution in [-0.2, 0) is 0 Å². The van der Waals surface area contributed by atoms with Crippen LogP contribution in [0, 0.1) is 5.92 Å². The molecule has 0 bridgehead atoms. The second-order valence-corrected chi connectivity index (χ2v) is 7.99. The van der Waals surface area contributed by atoms with Gasteiger partial charge in [0.15, 0.2) is 0 Å². The van der Waals surface area contributed by atoms with Crippen LogP contribution in [0.15, 0.2) is 24.4 Å². The summed E-state index contributed by atoms with van der Waals surface area (Å²) in [6.07, 6.45) is 9.68. The molecular weight excluding hydrogens is 274 g/mol. The fourth-order valence-electron chi connectivity index (χ4n) is 2.69. The second-order valence-electron chi connectivity index (χ2n) is 6.84. The van der Waals surface area contributed by atoms with Gasteiger partial charge in [0.1, 0.15) is 0 Å². The average molecular weight is 312 g/mol. The van der Waals surface area contributed by atoms with Crippen molar-refractivity contribution in [1.82, 2.24) is 5.32 Å². The molecule has 0 fully saturated rings. The maximum atomic E-state index is 4.77. The third kappa shape index (κ3) is 10.9. The van der Waals surface area contributed by atoms with Gasteiger partial charge >= 0.3 is 0 Å². The van der Waals surface area contributed by atoms with Gasteiger partial charge in [-0.15, -0.1) is 0 Å². The van der Waals surface area contributed by atoms with E-state index in [9.17, 15) is 0 Å². The van der Waals surface area contributed by atoms with Crippen molar-refractivity contribution < 1.29 is 0 Å². The van der Waals surface area contributed by atoms with Gasteiger partial charge in [-0.2, -0.15) is 12.6 Å². The van der Waals surface area contributed by atoms with Gasteiger partial charge in [-0.05, 0) is 38.0 Å². The predicted molar refractivity (Wildman–Crippen MR) is 101 cm³/mol. The molecule has 124 valence electrons. The van der Waals surface area contributed by atoms with Crippen molar-refractivity contribution >= 4 is 12.6 Å². The quantitative estimate of drug-likeness (QED) is 0.237. The summed E-state index contributed by atoms with van der Waals surface area (Å²) in [7, 11) is 0. The van der Waals surface area contributed by atoms with Crippen molar-refractivity contribution in [3.8, 4) is 0 Å². The van der Waals surface area contributed by atoms with Crippen LogP contribution in [0.5, 0.6) is 0 Å². The Morgan fingerprint density at radius 3 is 2.24 bits per heavy atom. The van der Waals surface area contributed by atoms with Crippen LogP contribution in [0.1, 0.15) is 79.1 Å². The summed E-state index contributed by atoms with van der Waals surface area (Å²) >= 11 is 4.77. The van der Waals surface area contributed by atoms with Crippen molar-refractivity contribution in [2.45, 2.75) is 83.8 Å². The topological polar surface area (TPSA) is 12.0 Å². The monoisotopic (exact) mass is 311 g/mol. The Balaban J connectivity index is 3.82. The van der Waals surface area contributed by atoms with Gasteiger partial charge in [0, 0.05) is 17.0 Å². The molecule has 0 aliphatic heterocycles. The molecule has 0 aromatic carbocycles. The minimum atomic E-state index is 0.145. The fourth-order valence-corrected chi connectivity index (χ4v) is 2.95. The van der Waals surface area contributed by atoms with E-state index in [0.717, 1.165) is 37.4 Å². The molecule has 0 spiro atoms. The summed E-state index contributed by atoms with van der Waals surface area (Å²) in [5, 5.41) is 3.37. The van der Waals surface area contributed by atoms with E-state index in [1.807, 2.05) is 0 Å². The normalized spacial score (nSPS) is 13.0. The number of hydrogen-bond donors (Lipinski definition) is 2. The molecule has 0 aromatic heterocycles. The smallest absolute Gasteiger partial charge is 0.0354 e. The average Bonchev–Trinajstić information content (AvgIpc) is 2.39. The van der Waals surface area contributed by atoms with Crippen LogP contribution in [0.25, 0.3) is 0 Å². The lowest BCUT2D eigenvalue weighted by atomic mass is 9.85. The van der Waals surface area contributed by atoms with E-state index in [1.165, 1.54) is 37.7 Å². The first-order valence-corrected chi connectivity index (χ1v) is 9.06. The van der Waals surface area contributed by atoms with Crippen LogP contribution in [-0.4, -0.2) is 11.3 Å². The molecule has 0 aliphatic rings. The minimum Gasteiger partial charge on any atom is -0.385 e. The number of thiol groups is 1. The first kappa shape index (κ1) is 20.6. The Kier molecular flexibility index (Phi) is 11.0. The van der Waals surface area contributed by atoms with Crippen molar-refractivity contribution in [3.63, 3.8) is 0 Å². The Labute approximate surface area is 139 Å². The van der Waals surface area contributed by atoms with Gasteiger partial charge in [0.25, 0.3) is 0 Å². The highest BCUT2D eigenvalue weighted by molar-refractivity contribution is 7.81. The third-order valence-corrected chi connectivity index (χ3v) is 4.47. The van der Waals surface area contributed by atoms with Gasteiger partial charge < -0.3 is 5.32 Å². The molecular formula is C19H37NS. The van der Waals surface area contributed by atoms with Gasteiger partial charge in [0.2, 0.25) is 0 Å². The SMILES string of the molecule is C=C(CCCCC(CCC)C(C)(C)S)CNC(=C)CCC. The molecule has 0 aromatic rings. The Morgan fingerprint density at radius 1 is 1.05 bits per heavy atom. The Bertz CT molecular complexity index is 301. The number of nitrogens with one attached hydrogen (secondary N) is 1. The molecule has 0 saturated carbocycles. The van der Waals surface area contributed by atoms with E-state index in [4.69, 9.17) is 12.6 Å². The van der Waals surface area contributed by atoms with Crippen LogP contribution in [0.4, 0.5) is 0 Å². The van der Waals surface area contributed by atoms with Crippen molar-refractivity contribution in [3.05, 3.63) is 24.4 Å². The Hall–Kier alpha value is -0.370. The molecule has 0 amide bonds.